The Morgan fingerprint density at radius 2 is 1.67 bits per heavy atom. The fourth-order valence-electron chi connectivity index (χ4n) is 0.250. The number of hydrogen-bond donors (Lipinski definition) is 0. The number of rotatable bonds is 2. The Kier molecular flexibility index (Phi) is 17.5. The van der Waals surface area contributed by atoms with Crippen LogP contribution in [0.25, 0.3) is 0 Å². The van der Waals surface area contributed by atoms with E-state index in [4.69, 9.17) is 30.1 Å². The van der Waals surface area contributed by atoms with E-state index in [9.17, 15) is 0 Å². The van der Waals surface area contributed by atoms with Gasteiger partial charge in [0.2, 0.25) is 0 Å². The molecule has 0 atom stereocenters. The quantitative estimate of drug-likeness (QED) is 0.602. The van der Waals surface area contributed by atoms with Crippen molar-refractivity contribution >= 4 is 41.5 Å². The van der Waals surface area contributed by atoms with Crippen LogP contribution >= 0.6 is 30.1 Å². The molecule has 0 amide bonds. The summed E-state index contributed by atoms with van der Waals surface area (Å²) in [5.41, 5.74) is 0. The fourth-order valence-corrected chi connectivity index (χ4v) is 0.250. The SMILES string of the molecule is [CH2]CCCC.[Cl][Al]([Cl])[Cl]. The molecule has 0 fully saturated rings. The lowest BCUT2D eigenvalue weighted by molar-refractivity contribution is 0.813. The summed E-state index contributed by atoms with van der Waals surface area (Å²) in [4.78, 5) is 0. The van der Waals surface area contributed by atoms with Gasteiger partial charge < -0.3 is 0 Å². The average Bonchev–Trinajstić information content (AvgIpc) is 1.66. The molecule has 0 nitrogen and oxygen atoms in total. The maximum Gasteiger partial charge on any atom is 0.643 e. The Balaban J connectivity index is 0. The molecule has 0 unspecified atom stereocenters. The smallest absolute Gasteiger partial charge is 0.214 e. The van der Waals surface area contributed by atoms with Crippen LogP contribution in [0.1, 0.15) is 26.2 Å². The maximum absolute atomic E-state index is 4.94. The zero-order valence-corrected chi connectivity index (χ0v) is 8.96. The minimum absolute atomic E-state index is 1.09. The van der Waals surface area contributed by atoms with Crippen LogP contribution in [0.3, 0.4) is 0 Å². The lowest BCUT2D eigenvalue weighted by Crippen LogP contribution is -1.66. The Morgan fingerprint density at radius 1 is 1.33 bits per heavy atom. The summed E-state index contributed by atoms with van der Waals surface area (Å²) in [5.74, 6) is 0. The van der Waals surface area contributed by atoms with Gasteiger partial charge in [-0.2, -0.15) is 0 Å². The standard InChI is InChI=1S/C5H11.Al.3ClH/c1-3-5-4-2;;;;/h1,3-5H2,2H3;;3*1H/q;+3;;;/p-3. The first kappa shape index (κ1) is 13.0. The Bertz CT molecular complexity index is 36.4. The van der Waals surface area contributed by atoms with Gasteiger partial charge in [-0.15, -0.1) is 0 Å². The van der Waals surface area contributed by atoms with E-state index in [1.807, 2.05) is 0 Å². The summed E-state index contributed by atoms with van der Waals surface area (Å²) in [6.45, 7) is 5.85. The molecule has 55 valence electrons. The van der Waals surface area contributed by atoms with Crippen LogP contribution in [0.5, 0.6) is 0 Å². The van der Waals surface area contributed by atoms with Gasteiger partial charge in [0, 0.05) is 0 Å². The van der Waals surface area contributed by atoms with Crippen LogP contribution in [-0.2, 0) is 0 Å². The molecule has 0 bridgehead atoms. The summed E-state index contributed by atoms with van der Waals surface area (Å²) in [6, 6.07) is 0. The first-order chi connectivity index (χ1) is 4.15. The normalized spacial score (nSPS) is 7.67. The summed E-state index contributed by atoms with van der Waals surface area (Å²) < 4.78 is 0. The first-order valence-corrected chi connectivity index (χ1v) is 8.10. The molecule has 0 aromatic heterocycles. The van der Waals surface area contributed by atoms with Gasteiger partial charge in [-0.05, 0) is 0 Å². The molecule has 0 aliphatic heterocycles. The van der Waals surface area contributed by atoms with Crippen molar-refractivity contribution in [3.63, 3.8) is 0 Å². The largest absolute Gasteiger partial charge is 0.643 e. The second kappa shape index (κ2) is 12.1. The van der Waals surface area contributed by atoms with Crippen molar-refractivity contribution in [2.75, 3.05) is 0 Å². The summed E-state index contributed by atoms with van der Waals surface area (Å²) in [6.07, 6.45) is 3.65. The lowest BCUT2D eigenvalue weighted by Gasteiger charge is -1.79. The fraction of sp³-hybridized carbons (Fsp3) is 0.800. The van der Waals surface area contributed by atoms with Gasteiger partial charge in [0.15, 0.2) is 0 Å². The predicted molar refractivity (Wildman–Crippen MR) is 48.2 cm³/mol. The molecule has 1 radical (unpaired) electrons. The number of hydrogen-bond acceptors (Lipinski definition) is 0. The molecule has 0 N–H and O–H groups in total. The van der Waals surface area contributed by atoms with Gasteiger partial charge in [-0.25, -0.2) is 30.1 Å². The van der Waals surface area contributed by atoms with Crippen molar-refractivity contribution in [2.45, 2.75) is 26.2 Å². The van der Waals surface area contributed by atoms with Crippen molar-refractivity contribution in [1.82, 2.24) is 0 Å². The zero-order valence-electron chi connectivity index (χ0n) is 5.54. The Hall–Kier alpha value is 1.40. The van der Waals surface area contributed by atoms with Crippen LogP contribution in [-0.4, -0.2) is 11.4 Å². The van der Waals surface area contributed by atoms with E-state index >= 15 is 0 Å². The molecule has 0 aromatic rings. The summed E-state index contributed by atoms with van der Waals surface area (Å²) >= 11 is -1.72. The summed E-state index contributed by atoms with van der Waals surface area (Å²) in [7, 11) is 14.8. The molecule has 0 saturated carbocycles. The van der Waals surface area contributed by atoms with E-state index in [2.05, 4.69) is 13.8 Å². The van der Waals surface area contributed by atoms with Crippen LogP contribution < -0.4 is 0 Å². The minimum atomic E-state index is -1.72. The van der Waals surface area contributed by atoms with Crippen molar-refractivity contribution in [1.29, 1.82) is 0 Å². The molecule has 0 rings (SSSR count). The van der Waals surface area contributed by atoms with Crippen molar-refractivity contribution in [3.8, 4) is 0 Å². The molecular formula is C5H11AlCl3. The van der Waals surface area contributed by atoms with Gasteiger partial charge in [-0.1, -0.05) is 33.1 Å². The molecule has 0 heterocycles. The monoisotopic (exact) mass is 203 g/mol. The van der Waals surface area contributed by atoms with E-state index in [1.165, 1.54) is 12.8 Å². The van der Waals surface area contributed by atoms with E-state index in [1.54, 1.807) is 0 Å². The Morgan fingerprint density at radius 3 is 1.67 bits per heavy atom. The zero-order chi connectivity index (χ0) is 7.70. The molecule has 0 aliphatic carbocycles. The third-order valence-electron chi connectivity index (χ3n) is 0.604. The van der Waals surface area contributed by atoms with Crippen LogP contribution in [0.2, 0.25) is 0 Å². The summed E-state index contributed by atoms with van der Waals surface area (Å²) in [5, 5.41) is 0. The second-order valence-corrected chi connectivity index (χ2v) is 7.89. The van der Waals surface area contributed by atoms with E-state index < -0.39 is 11.4 Å². The van der Waals surface area contributed by atoms with Crippen molar-refractivity contribution < 1.29 is 0 Å². The predicted octanol–water partition coefficient (Wildman–Crippen LogP) is 3.70. The van der Waals surface area contributed by atoms with Crippen LogP contribution in [0.4, 0.5) is 0 Å². The van der Waals surface area contributed by atoms with Gasteiger partial charge in [0.1, 0.15) is 0 Å². The van der Waals surface area contributed by atoms with Crippen LogP contribution in [0.15, 0.2) is 0 Å². The number of halogens is 3. The molecule has 4 heteroatoms. The second-order valence-electron chi connectivity index (χ2n) is 1.45. The third kappa shape index (κ3) is 44.5. The van der Waals surface area contributed by atoms with E-state index in [0.717, 1.165) is 6.42 Å². The Labute approximate surface area is 74.5 Å². The van der Waals surface area contributed by atoms with Gasteiger partial charge in [0.25, 0.3) is 0 Å². The molecule has 0 aliphatic rings. The highest BCUT2D eigenvalue weighted by Gasteiger charge is 2.00. The van der Waals surface area contributed by atoms with Crippen LogP contribution in [0, 0.1) is 6.92 Å². The van der Waals surface area contributed by atoms with Crippen molar-refractivity contribution in [2.24, 2.45) is 0 Å². The highest BCUT2D eigenvalue weighted by atomic mass is 35.8. The van der Waals surface area contributed by atoms with E-state index in [-0.39, 0.29) is 0 Å². The van der Waals surface area contributed by atoms with Gasteiger partial charge in [0.05, 0.1) is 0 Å². The molecule has 0 saturated heterocycles. The molecule has 9 heavy (non-hydrogen) atoms. The maximum atomic E-state index is 4.94. The minimum Gasteiger partial charge on any atom is -0.214 e. The van der Waals surface area contributed by atoms with Crippen molar-refractivity contribution in [3.05, 3.63) is 6.92 Å². The highest BCUT2D eigenvalue weighted by molar-refractivity contribution is 7.54. The van der Waals surface area contributed by atoms with Gasteiger partial charge >= 0.3 is 11.4 Å². The first-order valence-electron chi connectivity index (χ1n) is 2.86. The third-order valence-corrected chi connectivity index (χ3v) is 0.604. The van der Waals surface area contributed by atoms with E-state index in [0.29, 0.717) is 0 Å². The molecule has 0 aromatic carbocycles. The average molecular weight is 204 g/mol. The topological polar surface area (TPSA) is 0 Å². The molecule has 0 spiro atoms. The highest BCUT2D eigenvalue weighted by Crippen LogP contribution is 1.97. The lowest BCUT2D eigenvalue weighted by atomic mass is 10.3. The van der Waals surface area contributed by atoms with Gasteiger partial charge in [-0.3, -0.25) is 0 Å². The number of unbranched alkanes of at least 4 members (excludes halogenated alkanes) is 2. The molecular weight excluding hydrogens is 193 g/mol.